The number of fused-ring (bicyclic) bond motifs is 1. The molecule has 5 nitrogen and oxygen atoms in total. The van der Waals surface area contributed by atoms with Crippen molar-refractivity contribution in [3.8, 4) is 0 Å². The molecule has 0 spiro atoms. The lowest BCUT2D eigenvalue weighted by Gasteiger charge is -2.05. The molecule has 6 heteroatoms. The van der Waals surface area contributed by atoms with E-state index in [9.17, 15) is 9.59 Å². The van der Waals surface area contributed by atoms with Crippen LogP contribution in [-0.2, 0) is 0 Å². The van der Waals surface area contributed by atoms with Gasteiger partial charge in [-0.05, 0) is 35.7 Å². The van der Waals surface area contributed by atoms with E-state index < -0.39 is 0 Å². The van der Waals surface area contributed by atoms with Gasteiger partial charge < -0.3 is 15.5 Å². The maximum atomic E-state index is 12.9. The van der Waals surface area contributed by atoms with Crippen LogP contribution in [0.5, 0.6) is 0 Å². The third kappa shape index (κ3) is 2.66. The number of aromatic nitrogens is 1. The van der Waals surface area contributed by atoms with Gasteiger partial charge in [0.25, 0.3) is 5.91 Å². The van der Waals surface area contributed by atoms with Crippen LogP contribution in [0.3, 0.4) is 0 Å². The number of benzene rings is 1. The zero-order valence-corrected chi connectivity index (χ0v) is 14.5. The molecule has 0 atom stereocenters. The Morgan fingerprint density at radius 1 is 0.962 bits per heavy atom. The SMILES string of the molecule is Nc1c(C(=O)Nc2ccccc2)c2ccccn2c1C(=O)c1cccs1. The summed E-state index contributed by atoms with van der Waals surface area (Å²) in [5.74, 6) is -0.542. The first-order valence-electron chi connectivity index (χ1n) is 8.00. The maximum Gasteiger partial charge on any atom is 0.259 e. The Balaban J connectivity index is 1.84. The van der Waals surface area contributed by atoms with Crippen molar-refractivity contribution in [2.45, 2.75) is 0 Å². The van der Waals surface area contributed by atoms with Gasteiger partial charge in [-0.15, -0.1) is 11.3 Å². The molecular formula is C20H15N3O2S. The summed E-state index contributed by atoms with van der Waals surface area (Å²) in [7, 11) is 0. The number of nitrogens with zero attached hydrogens (tertiary/aromatic N) is 1. The third-order valence-corrected chi connectivity index (χ3v) is 4.97. The number of pyridine rings is 1. The number of carbonyl (C=O) groups is 2. The average molecular weight is 361 g/mol. The average Bonchev–Trinajstić information content (AvgIpc) is 3.28. The monoisotopic (exact) mass is 361 g/mol. The van der Waals surface area contributed by atoms with Gasteiger partial charge in [0.15, 0.2) is 0 Å². The second kappa shape index (κ2) is 6.50. The van der Waals surface area contributed by atoms with Crippen LogP contribution < -0.4 is 11.1 Å². The first-order valence-corrected chi connectivity index (χ1v) is 8.88. The Hall–Kier alpha value is -3.38. The highest BCUT2D eigenvalue weighted by Crippen LogP contribution is 2.30. The predicted octanol–water partition coefficient (Wildman–Crippen LogP) is 4.07. The van der Waals surface area contributed by atoms with Gasteiger partial charge in [-0.25, -0.2) is 0 Å². The smallest absolute Gasteiger partial charge is 0.259 e. The number of amides is 1. The van der Waals surface area contributed by atoms with E-state index in [1.54, 1.807) is 40.9 Å². The zero-order valence-electron chi connectivity index (χ0n) is 13.7. The van der Waals surface area contributed by atoms with Crippen molar-refractivity contribution >= 4 is 39.9 Å². The van der Waals surface area contributed by atoms with Gasteiger partial charge >= 0.3 is 0 Å². The number of para-hydroxylation sites is 1. The van der Waals surface area contributed by atoms with Crippen molar-refractivity contribution in [1.82, 2.24) is 4.40 Å². The van der Waals surface area contributed by atoms with Crippen LogP contribution in [0.1, 0.15) is 25.7 Å². The summed E-state index contributed by atoms with van der Waals surface area (Å²) in [5.41, 5.74) is 8.33. The maximum absolute atomic E-state index is 12.9. The number of carbonyl (C=O) groups excluding carboxylic acids is 2. The predicted molar refractivity (Wildman–Crippen MR) is 104 cm³/mol. The number of nitrogen functional groups attached to an aromatic ring is 1. The van der Waals surface area contributed by atoms with Crippen LogP contribution in [0.25, 0.3) is 5.52 Å². The Kier molecular flexibility index (Phi) is 4.02. The topological polar surface area (TPSA) is 76.6 Å². The minimum atomic E-state index is -0.345. The molecule has 0 bridgehead atoms. The fourth-order valence-electron chi connectivity index (χ4n) is 2.94. The lowest BCUT2D eigenvalue weighted by atomic mass is 10.1. The molecule has 26 heavy (non-hydrogen) atoms. The van der Waals surface area contributed by atoms with Crippen molar-refractivity contribution in [1.29, 1.82) is 0 Å². The van der Waals surface area contributed by atoms with Crippen molar-refractivity contribution < 1.29 is 9.59 Å². The quantitative estimate of drug-likeness (QED) is 0.538. The van der Waals surface area contributed by atoms with E-state index in [0.717, 1.165) is 0 Å². The molecule has 4 rings (SSSR count). The van der Waals surface area contributed by atoms with Gasteiger partial charge in [0.2, 0.25) is 5.78 Å². The molecule has 0 saturated carbocycles. The fraction of sp³-hybridized carbons (Fsp3) is 0. The highest BCUT2D eigenvalue weighted by Gasteiger charge is 2.26. The molecule has 0 aliphatic heterocycles. The Labute approximate surface area is 153 Å². The molecule has 0 aliphatic rings. The van der Waals surface area contributed by atoms with Crippen LogP contribution in [0, 0.1) is 0 Å². The molecule has 1 amide bonds. The molecule has 4 aromatic rings. The zero-order chi connectivity index (χ0) is 18.1. The molecular weight excluding hydrogens is 346 g/mol. The minimum absolute atomic E-state index is 0.183. The van der Waals surface area contributed by atoms with Crippen LogP contribution in [0.4, 0.5) is 11.4 Å². The van der Waals surface area contributed by atoms with Crippen molar-refractivity contribution in [3.63, 3.8) is 0 Å². The molecule has 128 valence electrons. The van der Waals surface area contributed by atoms with E-state index in [1.807, 2.05) is 35.7 Å². The summed E-state index contributed by atoms with van der Waals surface area (Å²) in [4.78, 5) is 26.4. The molecule has 0 radical (unpaired) electrons. The van der Waals surface area contributed by atoms with Crippen LogP contribution in [0.15, 0.2) is 72.2 Å². The summed E-state index contributed by atoms with van der Waals surface area (Å²) in [6, 6.07) is 18.1. The molecule has 0 saturated heterocycles. The molecule has 0 fully saturated rings. The third-order valence-electron chi connectivity index (χ3n) is 4.10. The second-order valence-electron chi connectivity index (χ2n) is 5.72. The highest BCUT2D eigenvalue weighted by atomic mass is 32.1. The number of ketones is 1. The lowest BCUT2D eigenvalue weighted by Crippen LogP contribution is -2.13. The number of anilines is 2. The molecule has 3 N–H and O–H groups in total. The summed E-state index contributed by atoms with van der Waals surface area (Å²) in [6.07, 6.45) is 1.74. The van der Waals surface area contributed by atoms with Gasteiger partial charge in [-0.2, -0.15) is 0 Å². The second-order valence-corrected chi connectivity index (χ2v) is 6.67. The number of hydrogen-bond donors (Lipinski definition) is 2. The first kappa shape index (κ1) is 16.1. The van der Waals surface area contributed by atoms with Crippen LogP contribution in [0.2, 0.25) is 0 Å². The van der Waals surface area contributed by atoms with Crippen LogP contribution >= 0.6 is 11.3 Å². The standard InChI is InChI=1S/C20H15N3O2S/c21-17-16(20(25)22-13-7-2-1-3-8-13)14-9-4-5-11-23(14)18(17)19(24)15-10-6-12-26-15/h1-12H,21H2,(H,22,25). The molecule has 1 aromatic carbocycles. The van der Waals surface area contributed by atoms with E-state index >= 15 is 0 Å². The van der Waals surface area contributed by atoms with Gasteiger partial charge in [0, 0.05) is 11.9 Å². The van der Waals surface area contributed by atoms with Crippen molar-refractivity contribution in [2.24, 2.45) is 0 Å². The Morgan fingerprint density at radius 2 is 1.73 bits per heavy atom. The largest absolute Gasteiger partial charge is 0.396 e. The van der Waals surface area contributed by atoms with Crippen molar-refractivity contribution in [2.75, 3.05) is 11.1 Å². The summed E-state index contributed by atoms with van der Waals surface area (Å²) in [6.45, 7) is 0. The number of nitrogens with one attached hydrogen (secondary N) is 1. The summed E-state index contributed by atoms with van der Waals surface area (Å²) < 4.78 is 1.68. The summed E-state index contributed by atoms with van der Waals surface area (Å²) >= 11 is 1.34. The van der Waals surface area contributed by atoms with Gasteiger partial charge in [0.1, 0.15) is 5.69 Å². The van der Waals surface area contributed by atoms with Gasteiger partial charge in [-0.1, -0.05) is 30.3 Å². The number of thiophene rings is 1. The van der Waals surface area contributed by atoms with E-state index in [2.05, 4.69) is 5.32 Å². The number of rotatable bonds is 4. The van der Waals surface area contributed by atoms with E-state index in [4.69, 9.17) is 5.73 Å². The Bertz CT molecular complexity index is 1100. The fourth-order valence-corrected chi connectivity index (χ4v) is 3.60. The molecule has 0 aliphatic carbocycles. The molecule has 3 heterocycles. The number of hydrogen-bond acceptors (Lipinski definition) is 4. The van der Waals surface area contributed by atoms with Crippen LogP contribution in [-0.4, -0.2) is 16.1 Å². The van der Waals surface area contributed by atoms with Gasteiger partial charge in [-0.3, -0.25) is 9.59 Å². The molecule has 0 unspecified atom stereocenters. The van der Waals surface area contributed by atoms with Crippen molar-refractivity contribution in [3.05, 3.63) is 88.4 Å². The van der Waals surface area contributed by atoms with Gasteiger partial charge in [0.05, 0.1) is 21.6 Å². The summed E-state index contributed by atoms with van der Waals surface area (Å²) in [5, 5.41) is 4.67. The minimum Gasteiger partial charge on any atom is -0.396 e. The van der Waals surface area contributed by atoms with E-state index in [0.29, 0.717) is 27.3 Å². The molecule has 3 aromatic heterocycles. The normalized spacial score (nSPS) is 10.8. The lowest BCUT2D eigenvalue weighted by molar-refractivity contribution is 0.102. The Morgan fingerprint density at radius 3 is 2.46 bits per heavy atom. The number of nitrogens with two attached hydrogens (primary N) is 1. The highest BCUT2D eigenvalue weighted by molar-refractivity contribution is 7.12. The van der Waals surface area contributed by atoms with E-state index in [-0.39, 0.29) is 17.4 Å². The van der Waals surface area contributed by atoms with E-state index in [1.165, 1.54) is 11.3 Å². The first-order chi connectivity index (χ1) is 12.7.